The normalized spacial score (nSPS) is 11.1. The van der Waals surface area contributed by atoms with E-state index in [1.807, 2.05) is 18.2 Å². The third-order valence-electron chi connectivity index (χ3n) is 9.56. The Kier molecular flexibility index (Phi) is 32.8. The molecule has 0 aromatic heterocycles. The molecule has 0 spiro atoms. The highest BCUT2D eigenvalue weighted by Gasteiger charge is 2.07. The first-order valence-corrected chi connectivity index (χ1v) is 21.5. The minimum absolute atomic E-state index is 0.0253. The molecular formula is C44H79NO6. The van der Waals surface area contributed by atoms with Crippen molar-refractivity contribution in [2.75, 3.05) is 32.2 Å². The first-order chi connectivity index (χ1) is 25.1. The Bertz CT molecular complexity index is 938. The molecule has 0 heterocycles. The molecule has 0 unspecified atom stereocenters. The summed E-state index contributed by atoms with van der Waals surface area (Å²) in [5, 5.41) is 0. The van der Waals surface area contributed by atoms with Gasteiger partial charge in [0.2, 0.25) is 0 Å². The van der Waals surface area contributed by atoms with Crippen LogP contribution in [-0.2, 0) is 19.1 Å². The number of carbonyl (C=O) groups excluding carboxylic acids is 2. The molecule has 2 N–H and O–H groups in total. The van der Waals surface area contributed by atoms with Gasteiger partial charge in [-0.3, -0.25) is 9.59 Å². The fourth-order valence-electron chi connectivity index (χ4n) is 6.27. The monoisotopic (exact) mass is 718 g/mol. The van der Waals surface area contributed by atoms with Crippen LogP contribution in [0.15, 0.2) is 18.2 Å². The molecule has 0 atom stereocenters. The first-order valence-electron chi connectivity index (χ1n) is 21.5. The molecule has 0 aliphatic heterocycles. The van der Waals surface area contributed by atoms with E-state index in [1.54, 1.807) is 0 Å². The van der Waals surface area contributed by atoms with E-state index in [4.69, 9.17) is 24.7 Å². The molecule has 0 fully saturated rings. The van der Waals surface area contributed by atoms with Gasteiger partial charge in [0.1, 0.15) is 0 Å². The zero-order chi connectivity index (χ0) is 36.9. The van der Waals surface area contributed by atoms with E-state index < -0.39 is 0 Å². The van der Waals surface area contributed by atoms with Crippen LogP contribution in [0.5, 0.6) is 11.5 Å². The molecule has 0 amide bonds. The van der Waals surface area contributed by atoms with E-state index in [0.717, 1.165) is 75.7 Å². The molecule has 0 radical (unpaired) electrons. The molecule has 0 saturated carbocycles. The fourth-order valence-corrected chi connectivity index (χ4v) is 6.27. The number of esters is 2. The molecular weight excluding hydrogens is 638 g/mol. The third-order valence-corrected chi connectivity index (χ3v) is 9.56. The number of benzene rings is 1. The Morgan fingerprint density at radius 3 is 1.18 bits per heavy atom. The van der Waals surface area contributed by atoms with Crippen LogP contribution in [0.2, 0.25) is 0 Å². The smallest absolute Gasteiger partial charge is 0.305 e. The van der Waals surface area contributed by atoms with Gasteiger partial charge in [0.25, 0.3) is 0 Å². The number of unbranched alkanes of at least 4 members (excludes halogenated alkanes) is 24. The summed E-state index contributed by atoms with van der Waals surface area (Å²) in [5.41, 5.74) is 6.72. The van der Waals surface area contributed by atoms with Gasteiger partial charge in [-0.15, -0.1) is 0 Å². The van der Waals surface area contributed by atoms with Crippen LogP contribution in [0.25, 0.3) is 0 Å². The number of carbonyl (C=O) groups is 2. The maximum Gasteiger partial charge on any atom is 0.305 e. The van der Waals surface area contributed by atoms with Gasteiger partial charge in [-0.25, -0.2) is 0 Å². The van der Waals surface area contributed by atoms with Gasteiger partial charge in [0.05, 0.1) is 26.4 Å². The maximum absolute atomic E-state index is 11.9. The van der Waals surface area contributed by atoms with Crippen molar-refractivity contribution in [3.8, 4) is 11.5 Å². The molecule has 296 valence electrons. The van der Waals surface area contributed by atoms with Crippen LogP contribution in [0.1, 0.15) is 206 Å². The molecule has 0 bridgehead atoms. The lowest BCUT2D eigenvalue weighted by molar-refractivity contribution is -0.144. The van der Waals surface area contributed by atoms with Gasteiger partial charge in [-0.05, 0) is 50.7 Å². The van der Waals surface area contributed by atoms with Gasteiger partial charge in [0, 0.05) is 24.6 Å². The number of hydrogen-bond donors (Lipinski definition) is 1. The number of ether oxygens (including phenoxy) is 4. The fraction of sp³-hybridized carbons (Fsp3) is 0.818. The molecule has 0 saturated heterocycles. The van der Waals surface area contributed by atoms with Crippen molar-refractivity contribution in [2.45, 2.75) is 206 Å². The Morgan fingerprint density at radius 2 is 0.765 bits per heavy atom. The van der Waals surface area contributed by atoms with Crippen LogP contribution >= 0.6 is 0 Å². The molecule has 0 aliphatic rings. The van der Waals surface area contributed by atoms with E-state index in [9.17, 15) is 9.59 Å². The Balaban J connectivity index is 1.96. The van der Waals surface area contributed by atoms with E-state index in [-0.39, 0.29) is 11.9 Å². The van der Waals surface area contributed by atoms with Crippen LogP contribution < -0.4 is 15.2 Å². The Hall–Kier alpha value is -2.44. The summed E-state index contributed by atoms with van der Waals surface area (Å²) in [6, 6.07) is 5.66. The molecule has 7 heteroatoms. The number of hydrogen-bond acceptors (Lipinski definition) is 7. The van der Waals surface area contributed by atoms with Gasteiger partial charge in [0.15, 0.2) is 11.5 Å². The minimum Gasteiger partial charge on any atom is -0.490 e. The van der Waals surface area contributed by atoms with Crippen molar-refractivity contribution in [3.63, 3.8) is 0 Å². The molecule has 1 aromatic carbocycles. The Morgan fingerprint density at radius 1 is 0.431 bits per heavy atom. The van der Waals surface area contributed by atoms with Crippen molar-refractivity contribution in [1.29, 1.82) is 0 Å². The zero-order valence-electron chi connectivity index (χ0n) is 33.3. The van der Waals surface area contributed by atoms with Crippen molar-refractivity contribution < 1.29 is 28.5 Å². The molecule has 0 aliphatic carbocycles. The second-order valence-electron chi connectivity index (χ2n) is 14.5. The Labute approximate surface area is 313 Å². The summed E-state index contributed by atoms with van der Waals surface area (Å²) in [6.45, 7) is 6.98. The van der Waals surface area contributed by atoms with Crippen molar-refractivity contribution in [1.82, 2.24) is 0 Å². The lowest BCUT2D eigenvalue weighted by Gasteiger charge is -2.13. The first kappa shape index (κ1) is 46.6. The summed E-state index contributed by atoms with van der Waals surface area (Å²) >= 11 is 0. The van der Waals surface area contributed by atoms with Gasteiger partial charge < -0.3 is 24.7 Å². The minimum atomic E-state index is -0.0262. The van der Waals surface area contributed by atoms with E-state index in [0.29, 0.717) is 45.0 Å². The molecule has 1 aromatic rings. The lowest BCUT2D eigenvalue weighted by Crippen LogP contribution is -2.05. The van der Waals surface area contributed by atoms with E-state index in [1.165, 1.54) is 116 Å². The van der Waals surface area contributed by atoms with Crippen LogP contribution in [0.4, 0.5) is 5.69 Å². The van der Waals surface area contributed by atoms with Crippen molar-refractivity contribution in [2.24, 2.45) is 0 Å². The summed E-state index contributed by atoms with van der Waals surface area (Å²) in [5.74, 6) is 1.47. The number of rotatable bonds is 38. The highest BCUT2D eigenvalue weighted by molar-refractivity contribution is 5.69. The van der Waals surface area contributed by atoms with Crippen molar-refractivity contribution in [3.05, 3.63) is 18.2 Å². The maximum atomic E-state index is 11.9. The van der Waals surface area contributed by atoms with Gasteiger partial charge in [-0.2, -0.15) is 0 Å². The predicted molar refractivity (Wildman–Crippen MR) is 214 cm³/mol. The van der Waals surface area contributed by atoms with Gasteiger partial charge in [-0.1, -0.05) is 155 Å². The van der Waals surface area contributed by atoms with Crippen LogP contribution in [0, 0.1) is 0 Å². The highest BCUT2D eigenvalue weighted by Crippen LogP contribution is 2.30. The molecule has 51 heavy (non-hydrogen) atoms. The number of anilines is 1. The summed E-state index contributed by atoms with van der Waals surface area (Å²) < 4.78 is 22.9. The summed E-state index contributed by atoms with van der Waals surface area (Å²) in [7, 11) is 0. The second kappa shape index (κ2) is 35.9. The van der Waals surface area contributed by atoms with E-state index >= 15 is 0 Å². The van der Waals surface area contributed by atoms with Crippen LogP contribution in [0.3, 0.4) is 0 Å². The lowest BCUT2D eigenvalue weighted by atomic mass is 10.1. The largest absolute Gasteiger partial charge is 0.490 e. The standard InChI is InChI=1S/C44H79NO6/c1-3-5-7-9-21-29-37-50-43(46)31-25-19-15-11-13-17-23-27-35-48-41-34-33-40(45)39-42(41)49-36-28-24-18-14-12-16-20-26-32-44(47)51-38-30-22-10-8-6-4-2/h33-34,39H,3-32,35-38,45H2,1-2H3. The number of nitrogen functional groups attached to an aromatic ring is 1. The number of nitrogens with two attached hydrogens (primary N) is 1. The van der Waals surface area contributed by atoms with Gasteiger partial charge >= 0.3 is 11.9 Å². The van der Waals surface area contributed by atoms with Crippen LogP contribution in [-0.4, -0.2) is 38.4 Å². The van der Waals surface area contributed by atoms with E-state index in [2.05, 4.69) is 13.8 Å². The predicted octanol–water partition coefficient (Wildman–Crippen LogP) is 12.9. The molecule has 7 nitrogen and oxygen atoms in total. The highest BCUT2D eigenvalue weighted by atomic mass is 16.5. The summed E-state index contributed by atoms with van der Waals surface area (Å²) in [4.78, 5) is 23.8. The summed E-state index contributed by atoms with van der Waals surface area (Å²) in [6.07, 6.45) is 33.8. The SMILES string of the molecule is CCCCCCCCOC(=O)CCCCCCCCCCOc1ccc(N)cc1OCCCCCCCCCCC(=O)OCCCCCCCC. The second-order valence-corrected chi connectivity index (χ2v) is 14.5. The topological polar surface area (TPSA) is 97.1 Å². The average Bonchev–Trinajstić information content (AvgIpc) is 3.12. The zero-order valence-corrected chi connectivity index (χ0v) is 33.3. The molecule has 1 rings (SSSR count). The average molecular weight is 718 g/mol. The van der Waals surface area contributed by atoms with Crippen molar-refractivity contribution >= 4 is 17.6 Å². The third kappa shape index (κ3) is 30.9. The quantitative estimate of drug-likeness (QED) is 0.0413.